The van der Waals surface area contributed by atoms with E-state index in [2.05, 4.69) is 5.32 Å². The molecule has 0 aromatic heterocycles. The first-order valence-electron chi connectivity index (χ1n) is 8.06. The predicted molar refractivity (Wildman–Crippen MR) is 89.0 cm³/mol. The van der Waals surface area contributed by atoms with Gasteiger partial charge in [-0.3, -0.25) is 14.4 Å². The van der Waals surface area contributed by atoms with Crippen LogP contribution in [-0.2, 0) is 14.4 Å². The normalized spacial score (nSPS) is 18.0. The molecule has 7 nitrogen and oxygen atoms in total. The number of anilines is 2. The first kappa shape index (κ1) is 16.3. The number of benzene rings is 1. The van der Waals surface area contributed by atoms with Crippen LogP contribution in [0.1, 0.15) is 19.8 Å². The Bertz CT molecular complexity index is 680. The van der Waals surface area contributed by atoms with Crippen molar-refractivity contribution in [2.45, 2.75) is 19.8 Å². The van der Waals surface area contributed by atoms with Crippen LogP contribution in [0.15, 0.2) is 18.2 Å². The highest BCUT2D eigenvalue weighted by Gasteiger charge is 2.29. The molecule has 1 fully saturated rings. The van der Waals surface area contributed by atoms with E-state index in [1.165, 1.54) is 4.90 Å². The molecule has 0 radical (unpaired) electrons. The Hall–Kier alpha value is -2.57. The molecule has 2 heterocycles. The molecule has 2 aliphatic heterocycles. The number of hydrogen-bond acceptors (Lipinski definition) is 4. The van der Waals surface area contributed by atoms with Crippen molar-refractivity contribution in [1.82, 2.24) is 4.90 Å². The second-order valence-corrected chi connectivity index (χ2v) is 6.16. The van der Waals surface area contributed by atoms with E-state index in [0.29, 0.717) is 43.1 Å². The summed E-state index contributed by atoms with van der Waals surface area (Å²) in [4.78, 5) is 39.0. The SMILES string of the molecule is CC(=O)N1CCC(C(=O)Nc2cccc3c2N(C)C(=O)CO3)CC1. The minimum atomic E-state index is -0.154. The summed E-state index contributed by atoms with van der Waals surface area (Å²) >= 11 is 0. The van der Waals surface area contributed by atoms with Crippen molar-refractivity contribution < 1.29 is 19.1 Å². The number of rotatable bonds is 2. The smallest absolute Gasteiger partial charge is 0.264 e. The number of fused-ring (bicyclic) bond motifs is 1. The molecule has 0 spiro atoms. The molecule has 1 saturated heterocycles. The number of piperidine rings is 1. The lowest BCUT2D eigenvalue weighted by Gasteiger charge is -2.31. The number of likely N-dealkylation sites (tertiary alicyclic amines) is 1. The number of nitrogens with one attached hydrogen (secondary N) is 1. The average molecular weight is 331 g/mol. The van der Waals surface area contributed by atoms with Gasteiger partial charge in [0.2, 0.25) is 11.8 Å². The van der Waals surface area contributed by atoms with E-state index in [1.54, 1.807) is 37.1 Å². The summed E-state index contributed by atoms with van der Waals surface area (Å²) < 4.78 is 5.43. The number of hydrogen-bond donors (Lipinski definition) is 1. The molecule has 3 amide bonds. The van der Waals surface area contributed by atoms with Crippen molar-refractivity contribution >= 4 is 29.1 Å². The predicted octanol–water partition coefficient (Wildman–Crippen LogP) is 1.24. The van der Waals surface area contributed by atoms with Gasteiger partial charge in [-0.15, -0.1) is 0 Å². The molecule has 24 heavy (non-hydrogen) atoms. The number of carbonyl (C=O) groups excluding carboxylic acids is 3. The molecule has 3 rings (SSSR count). The zero-order valence-electron chi connectivity index (χ0n) is 13.9. The van der Waals surface area contributed by atoms with E-state index in [-0.39, 0.29) is 30.2 Å². The third-order valence-electron chi connectivity index (χ3n) is 4.63. The van der Waals surface area contributed by atoms with E-state index < -0.39 is 0 Å². The second-order valence-electron chi connectivity index (χ2n) is 6.16. The second kappa shape index (κ2) is 6.51. The monoisotopic (exact) mass is 331 g/mol. The number of nitrogens with zero attached hydrogens (tertiary/aromatic N) is 2. The van der Waals surface area contributed by atoms with Crippen LogP contribution < -0.4 is 15.0 Å². The zero-order chi connectivity index (χ0) is 17.3. The van der Waals surface area contributed by atoms with Gasteiger partial charge in [-0.05, 0) is 25.0 Å². The first-order chi connectivity index (χ1) is 11.5. The molecule has 128 valence electrons. The van der Waals surface area contributed by atoms with E-state index in [9.17, 15) is 14.4 Å². The minimum Gasteiger partial charge on any atom is -0.481 e. The van der Waals surface area contributed by atoms with Crippen molar-refractivity contribution in [2.75, 3.05) is 37.0 Å². The van der Waals surface area contributed by atoms with Gasteiger partial charge in [-0.1, -0.05) is 6.07 Å². The van der Waals surface area contributed by atoms with Crippen LogP contribution in [0.4, 0.5) is 11.4 Å². The summed E-state index contributed by atoms with van der Waals surface area (Å²) in [5, 5.41) is 2.92. The minimum absolute atomic E-state index is 0.00437. The lowest BCUT2D eigenvalue weighted by molar-refractivity contribution is -0.132. The van der Waals surface area contributed by atoms with Gasteiger partial charge in [0.15, 0.2) is 6.61 Å². The van der Waals surface area contributed by atoms with Crippen LogP contribution in [0.2, 0.25) is 0 Å². The third kappa shape index (κ3) is 3.06. The highest BCUT2D eigenvalue weighted by atomic mass is 16.5. The van der Waals surface area contributed by atoms with E-state index in [4.69, 9.17) is 4.74 Å². The van der Waals surface area contributed by atoms with Crippen LogP contribution in [0.25, 0.3) is 0 Å². The highest BCUT2D eigenvalue weighted by Crippen LogP contribution is 2.38. The Morgan fingerprint density at radius 2 is 1.96 bits per heavy atom. The highest BCUT2D eigenvalue weighted by molar-refractivity contribution is 6.04. The largest absolute Gasteiger partial charge is 0.481 e. The molecule has 0 unspecified atom stereocenters. The molecule has 7 heteroatoms. The number of para-hydroxylation sites is 1. The maximum absolute atomic E-state index is 12.6. The summed E-state index contributed by atoms with van der Waals surface area (Å²) in [5.41, 5.74) is 1.16. The van der Waals surface area contributed by atoms with Gasteiger partial charge >= 0.3 is 0 Å². The van der Waals surface area contributed by atoms with Gasteiger partial charge in [-0.25, -0.2) is 0 Å². The fourth-order valence-corrected chi connectivity index (χ4v) is 3.14. The molecule has 0 saturated carbocycles. The lowest BCUT2D eigenvalue weighted by Crippen LogP contribution is -2.40. The summed E-state index contributed by atoms with van der Waals surface area (Å²) in [6, 6.07) is 5.33. The van der Waals surface area contributed by atoms with Crippen LogP contribution in [-0.4, -0.2) is 49.4 Å². The maximum atomic E-state index is 12.6. The van der Waals surface area contributed by atoms with E-state index >= 15 is 0 Å². The standard InChI is InChI=1S/C17H21N3O4/c1-11(21)20-8-6-12(7-9-20)17(23)18-13-4-3-5-14-16(13)19(2)15(22)10-24-14/h3-5,12H,6-10H2,1-2H3,(H,18,23). The molecule has 2 aliphatic rings. The van der Waals surface area contributed by atoms with Crippen molar-refractivity contribution in [2.24, 2.45) is 5.92 Å². The zero-order valence-corrected chi connectivity index (χ0v) is 13.9. The van der Waals surface area contributed by atoms with Crippen molar-refractivity contribution in [3.05, 3.63) is 18.2 Å². The van der Waals surface area contributed by atoms with Crippen molar-refractivity contribution in [3.63, 3.8) is 0 Å². The van der Waals surface area contributed by atoms with Crippen LogP contribution in [0, 0.1) is 5.92 Å². The topological polar surface area (TPSA) is 79.0 Å². The van der Waals surface area contributed by atoms with Crippen LogP contribution >= 0.6 is 0 Å². The Balaban J connectivity index is 1.72. The van der Waals surface area contributed by atoms with E-state index in [1.807, 2.05) is 0 Å². The molecule has 1 aromatic carbocycles. The summed E-state index contributed by atoms with van der Waals surface area (Å²) in [5.74, 6) is 0.253. The van der Waals surface area contributed by atoms with Gasteiger partial charge in [0, 0.05) is 33.0 Å². The van der Waals surface area contributed by atoms with Gasteiger partial charge < -0.3 is 19.9 Å². The average Bonchev–Trinajstić information content (AvgIpc) is 2.58. The molecule has 0 atom stereocenters. The molecule has 0 bridgehead atoms. The van der Waals surface area contributed by atoms with Crippen molar-refractivity contribution in [3.8, 4) is 5.75 Å². The Kier molecular flexibility index (Phi) is 4.42. The van der Waals surface area contributed by atoms with Gasteiger partial charge in [0.25, 0.3) is 5.91 Å². The van der Waals surface area contributed by atoms with Gasteiger partial charge in [-0.2, -0.15) is 0 Å². The first-order valence-corrected chi connectivity index (χ1v) is 8.06. The lowest BCUT2D eigenvalue weighted by atomic mass is 9.95. The molecule has 1 N–H and O–H groups in total. The molecule has 0 aliphatic carbocycles. The molecule has 1 aromatic rings. The number of ether oxygens (including phenoxy) is 1. The summed E-state index contributed by atoms with van der Waals surface area (Å²) in [6.45, 7) is 2.75. The summed E-state index contributed by atoms with van der Waals surface area (Å²) in [6.07, 6.45) is 1.29. The third-order valence-corrected chi connectivity index (χ3v) is 4.63. The Labute approximate surface area is 140 Å². The Morgan fingerprint density at radius 3 is 2.62 bits per heavy atom. The number of amides is 3. The van der Waals surface area contributed by atoms with Gasteiger partial charge in [0.1, 0.15) is 11.4 Å². The quantitative estimate of drug-likeness (QED) is 0.884. The molecular formula is C17H21N3O4. The summed E-state index contributed by atoms with van der Waals surface area (Å²) in [7, 11) is 1.67. The Morgan fingerprint density at radius 1 is 1.25 bits per heavy atom. The number of carbonyl (C=O) groups is 3. The molecular weight excluding hydrogens is 310 g/mol. The van der Waals surface area contributed by atoms with Gasteiger partial charge in [0.05, 0.1) is 5.69 Å². The van der Waals surface area contributed by atoms with E-state index in [0.717, 1.165) is 0 Å². The number of likely N-dealkylation sites (N-methyl/N-ethyl adjacent to an activating group) is 1. The van der Waals surface area contributed by atoms with Crippen LogP contribution in [0.3, 0.4) is 0 Å². The fraction of sp³-hybridized carbons (Fsp3) is 0.471. The fourth-order valence-electron chi connectivity index (χ4n) is 3.14. The maximum Gasteiger partial charge on any atom is 0.264 e. The van der Waals surface area contributed by atoms with Crippen molar-refractivity contribution in [1.29, 1.82) is 0 Å². The van der Waals surface area contributed by atoms with Crippen LogP contribution in [0.5, 0.6) is 5.75 Å².